The molecule has 0 saturated heterocycles. The highest BCUT2D eigenvalue weighted by Crippen LogP contribution is 2.28. The monoisotopic (exact) mass is 234 g/mol. The van der Waals surface area contributed by atoms with Gasteiger partial charge in [0, 0.05) is 22.7 Å². The summed E-state index contributed by atoms with van der Waals surface area (Å²) in [5, 5.41) is 15.4. The molecule has 0 atom stereocenters. The van der Waals surface area contributed by atoms with Crippen LogP contribution in [0.25, 0.3) is 16.6 Å². The Morgan fingerprint density at radius 3 is 3.00 bits per heavy atom. The van der Waals surface area contributed by atoms with E-state index in [9.17, 15) is 4.79 Å². The number of hydrogen-bond acceptors (Lipinski definition) is 3. The molecule has 2 aromatic heterocycles. The van der Waals surface area contributed by atoms with Crippen molar-refractivity contribution in [2.75, 3.05) is 0 Å². The SMILES string of the molecule is Cc1ccc(-c2n[nH]cc2/C=C/C(=O)O)s1. The lowest BCUT2D eigenvalue weighted by molar-refractivity contribution is -0.131. The number of rotatable bonds is 3. The van der Waals surface area contributed by atoms with Crippen LogP contribution in [-0.2, 0) is 4.79 Å². The molecular formula is C11H10N2O2S. The molecule has 2 aromatic rings. The minimum Gasteiger partial charge on any atom is -0.478 e. The van der Waals surface area contributed by atoms with E-state index in [0.717, 1.165) is 22.2 Å². The molecule has 0 spiro atoms. The van der Waals surface area contributed by atoms with Crippen molar-refractivity contribution in [3.05, 3.63) is 34.8 Å². The molecule has 82 valence electrons. The van der Waals surface area contributed by atoms with Gasteiger partial charge in [0.05, 0.1) is 4.88 Å². The quantitative estimate of drug-likeness (QED) is 0.802. The molecule has 2 rings (SSSR count). The first-order chi connectivity index (χ1) is 7.66. The van der Waals surface area contributed by atoms with Crippen LogP contribution in [-0.4, -0.2) is 21.3 Å². The normalized spacial score (nSPS) is 11.1. The highest BCUT2D eigenvalue weighted by atomic mass is 32.1. The summed E-state index contributed by atoms with van der Waals surface area (Å²) in [4.78, 5) is 12.7. The van der Waals surface area contributed by atoms with Gasteiger partial charge in [-0.15, -0.1) is 11.3 Å². The van der Waals surface area contributed by atoms with Crippen molar-refractivity contribution < 1.29 is 9.90 Å². The topological polar surface area (TPSA) is 66.0 Å². The number of aromatic nitrogens is 2. The van der Waals surface area contributed by atoms with Crippen LogP contribution in [0, 0.1) is 6.92 Å². The summed E-state index contributed by atoms with van der Waals surface area (Å²) in [6.07, 6.45) is 4.33. The lowest BCUT2D eigenvalue weighted by atomic mass is 10.2. The molecule has 4 nitrogen and oxygen atoms in total. The third-order valence-corrected chi connectivity index (χ3v) is 3.06. The van der Waals surface area contributed by atoms with Crippen molar-refractivity contribution in [1.29, 1.82) is 0 Å². The third-order valence-electron chi connectivity index (χ3n) is 2.05. The number of carbonyl (C=O) groups is 1. The van der Waals surface area contributed by atoms with E-state index in [-0.39, 0.29) is 0 Å². The van der Waals surface area contributed by atoms with Crippen LogP contribution in [0.3, 0.4) is 0 Å². The fraction of sp³-hybridized carbons (Fsp3) is 0.0909. The predicted molar refractivity (Wildman–Crippen MR) is 63.3 cm³/mol. The van der Waals surface area contributed by atoms with Gasteiger partial charge in [-0.1, -0.05) is 0 Å². The van der Waals surface area contributed by atoms with Crippen molar-refractivity contribution in [3.8, 4) is 10.6 Å². The van der Waals surface area contributed by atoms with Gasteiger partial charge in [-0.3, -0.25) is 5.10 Å². The van der Waals surface area contributed by atoms with Crippen LogP contribution in [0.4, 0.5) is 0 Å². The molecule has 16 heavy (non-hydrogen) atoms. The number of aliphatic carboxylic acids is 1. The van der Waals surface area contributed by atoms with Gasteiger partial charge in [0.1, 0.15) is 5.69 Å². The van der Waals surface area contributed by atoms with Crippen molar-refractivity contribution >= 4 is 23.4 Å². The van der Waals surface area contributed by atoms with Gasteiger partial charge in [0.15, 0.2) is 0 Å². The number of carboxylic acid groups (broad SMARTS) is 1. The standard InChI is InChI=1S/C11H10N2O2S/c1-7-2-4-9(16-7)11-8(6-12-13-11)3-5-10(14)15/h2-6H,1H3,(H,12,13)(H,14,15)/b5-3+. The zero-order valence-corrected chi connectivity index (χ0v) is 9.41. The summed E-state index contributed by atoms with van der Waals surface area (Å²) in [6, 6.07) is 3.99. The largest absolute Gasteiger partial charge is 0.478 e. The van der Waals surface area contributed by atoms with Gasteiger partial charge in [-0.25, -0.2) is 4.79 Å². The maximum atomic E-state index is 10.4. The average Bonchev–Trinajstić information content (AvgIpc) is 2.82. The molecule has 0 amide bonds. The molecule has 0 saturated carbocycles. The van der Waals surface area contributed by atoms with Crippen molar-refractivity contribution in [2.24, 2.45) is 0 Å². The van der Waals surface area contributed by atoms with Crippen LogP contribution in [0.5, 0.6) is 0 Å². The van der Waals surface area contributed by atoms with Crippen LogP contribution in [0.15, 0.2) is 24.4 Å². The number of nitrogens with zero attached hydrogens (tertiary/aromatic N) is 1. The fourth-order valence-corrected chi connectivity index (χ4v) is 2.23. The van der Waals surface area contributed by atoms with Gasteiger partial charge in [0.25, 0.3) is 0 Å². The molecule has 0 radical (unpaired) electrons. The smallest absolute Gasteiger partial charge is 0.328 e. The van der Waals surface area contributed by atoms with E-state index in [4.69, 9.17) is 5.11 Å². The molecule has 2 heterocycles. The van der Waals surface area contributed by atoms with E-state index in [1.54, 1.807) is 17.5 Å². The summed E-state index contributed by atoms with van der Waals surface area (Å²) >= 11 is 1.63. The van der Waals surface area contributed by atoms with Crippen molar-refractivity contribution in [2.45, 2.75) is 6.92 Å². The van der Waals surface area contributed by atoms with Crippen molar-refractivity contribution in [1.82, 2.24) is 10.2 Å². The maximum absolute atomic E-state index is 10.4. The summed E-state index contributed by atoms with van der Waals surface area (Å²) in [7, 11) is 0. The zero-order valence-electron chi connectivity index (χ0n) is 8.60. The molecule has 0 bridgehead atoms. The average molecular weight is 234 g/mol. The Bertz CT molecular complexity index is 540. The van der Waals surface area contributed by atoms with Crippen LogP contribution in [0.1, 0.15) is 10.4 Å². The summed E-state index contributed by atoms with van der Waals surface area (Å²) in [6.45, 7) is 2.02. The number of aryl methyl sites for hydroxylation is 1. The number of H-pyrrole nitrogens is 1. The Labute approximate surface area is 96.3 Å². The van der Waals surface area contributed by atoms with E-state index in [1.165, 1.54) is 11.0 Å². The molecule has 0 fully saturated rings. The molecule has 0 aliphatic carbocycles. The fourth-order valence-electron chi connectivity index (χ4n) is 1.35. The van der Waals surface area contributed by atoms with Gasteiger partial charge in [-0.2, -0.15) is 5.10 Å². The highest BCUT2D eigenvalue weighted by Gasteiger charge is 2.08. The number of thiophene rings is 1. The minimum absolute atomic E-state index is 0.782. The first kappa shape index (κ1) is 10.6. The van der Waals surface area contributed by atoms with Gasteiger partial charge in [-0.05, 0) is 25.1 Å². The van der Waals surface area contributed by atoms with E-state index in [1.807, 2.05) is 19.1 Å². The summed E-state index contributed by atoms with van der Waals surface area (Å²) in [5.74, 6) is -0.963. The minimum atomic E-state index is -0.963. The highest BCUT2D eigenvalue weighted by molar-refractivity contribution is 7.15. The lowest BCUT2D eigenvalue weighted by Crippen LogP contribution is -1.85. The second-order valence-electron chi connectivity index (χ2n) is 3.27. The Hall–Kier alpha value is -1.88. The second kappa shape index (κ2) is 4.32. The Morgan fingerprint density at radius 1 is 1.56 bits per heavy atom. The molecule has 2 N–H and O–H groups in total. The molecule has 0 unspecified atom stereocenters. The summed E-state index contributed by atoms with van der Waals surface area (Å²) < 4.78 is 0. The Morgan fingerprint density at radius 2 is 2.38 bits per heavy atom. The van der Waals surface area contributed by atoms with Crippen LogP contribution in [0.2, 0.25) is 0 Å². The van der Waals surface area contributed by atoms with E-state index < -0.39 is 5.97 Å². The first-order valence-electron chi connectivity index (χ1n) is 4.68. The van der Waals surface area contributed by atoms with E-state index >= 15 is 0 Å². The number of carboxylic acids is 1. The van der Waals surface area contributed by atoms with E-state index in [0.29, 0.717) is 0 Å². The van der Waals surface area contributed by atoms with Gasteiger partial charge in [0.2, 0.25) is 0 Å². The van der Waals surface area contributed by atoms with Gasteiger partial charge >= 0.3 is 5.97 Å². The Kier molecular flexibility index (Phi) is 2.87. The van der Waals surface area contributed by atoms with E-state index in [2.05, 4.69) is 10.2 Å². The predicted octanol–water partition coefficient (Wildman–Crippen LogP) is 2.54. The third kappa shape index (κ3) is 2.20. The van der Waals surface area contributed by atoms with Gasteiger partial charge < -0.3 is 5.11 Å². The lowest BCUT2D eigenvalue weighted by Gasteiger charge is -1.92. The molecule has 0 aromatic carbocycles. The second-order valence-corrected chi connectivity index (χ2v) is 4.56. The number of hydrogen-bond donors (Lipinski definition) is 2. The zero-order chi connectivity index (χ0) is 11.5. The molecule has 5 heteroatoms. The number of nitrogens with one attached hydrogen (secondary N) is 1. The first-order valence-corrected chi connectivity index (χ1v) is 5.50. The molecule has 0 aliphatic rings. The molecule has 0 aliphatic heterocycles. The number of aromatic amines is 1. The van der Waals surface area contributed by atoms with Crippen LogP contribution >= 0.6 is 11.3 Å². The Balaban J connectivity index is 2.36. The summed E-state index contributed by atoms with van der Waals surface area (Å²) in [5.41, 5.74) is 1.57. The van der Waals surface area contributed by atoms with Crippen LogP contribution < -0.4 is 0 Å². The molecular weight excluding hydrogens is 224 g/mol. The maximum Gasteiger partial charge on any atom is 0.328 e. The van der Waals surface area contributed by atoms with Crippen molar-refractivity contribution in [3.63, 3.8) is 0 Å².